The van der Waals surface area contributed by atoms with Crippen LogP contribution in [0.5, 0.6) is 0 Å². The van der Waals surface area contributed by atoms with Gasteiger partial charge in [-0.3, -0.25) is 23.9 Å². The summed E-state index contributed by atoms with van der Waals surface area (Å²) in [6, 6.07) is 5.53. The van der Waals surface area contributed by atoms with Gasteiger partial charge in [-0.2, -0.15) is 0 Å². The van der Waals surface area contributed by atoms with Gasteiger partial charge >= 0.3 is 0 Å². The van der Waals surface area contributed by atoms with E-state index < -0.39 is 0 Å². The van der Waals surface area contributed by atoms with Crippen LogP contribution in [0.1, 0.15) is 42.4 Å². The molecule has 12 heteroatoms. The lowest BCUT2D eigenvalue weighted by atomic mass is 10.1. The van der Waals surface area contributed by atoms with Crippen LogP contribution in [-0.4, -0.2) is 53.3 Å². The SMILES string of the molecule is CC1=CC=C(CC(=O)Nc2cn(CCCCn3cc(C(=O)NCc4ccccn4)nn3)nn2)CN1. The molecular weight excluding hydrogens is 448 g/mol. The maximum absolute atomic E-state index is 12.2. The van der Waals surface area contributed by atoms with Crippen molar-refractivity contribution in [3.63, 3.8) is 0 Å². The molecule has 4 rings (SSSR count). The molecule has 3 aromatic rings. The van der Waals surface area contributed by atoms with E-state index in [4.69, 9.17) is 0 Å². The van der Waals surface area contributed by atoms with Crippen molar-refractivity contribution in [1.82, 2.24) is 45.6 Å². The number of hydrogen-bond acceptors (Lipinski definition) is 8. The molecule has 3 N–H and O–H groups in total. The highest BCUT2D eigenvalue weighted by Gasteiger charge is 2.12. The zero-order valence-corrected chi connectivity index (χ0v) is 19.5. The number of allylic oxidation sites excluding steroid dienone is 3. The molecular formula is C23H28N10O2. The average molecular weight is 477 g/mol. The highest BCUT2D eigenvalue weighted by atomic mass is 16.2. The lowest BCUT2D eigenvalue weighted by Gasteiger charge is -2.13. The summed E-state index contributed by atoms with van der Waals surface area (Å²) in [6.07, 6.45) is 10.9. The molecule has 1 aliphatic heterocycles. The molecule has 182 valence electrons. The summed E-state index contributed by atoms with van der Waals surface area (Å²) in [5.41, 5.74) is 3.14. The smallest absolute Gasteiger partial charge is 0.273 e. The number of nitrogens with zero attached hydrogens (tertiary/aromatic N) is 7. The Labute approximate surface area is 202 Å². The molecule has 0 spiro atoms. The van der Waals surface area contributed by atoms with Gasteiger partial charge in [-0.25, -0.2) is 0 Å². The Hall–Kier alpha value is -4.35. The van der Waals surface area contributed by atoms with Gasteiger partial charge in [0, 0.05) is 37.9 Å². The molecule has 12 nitrogen and oxygen atoms in total. The van der Waals surface area contributed by atoms with Crippen molar-refractivity contribution in [2.24, 2.45) is 0 Å². The van der Waals surface area contributed by atoms with E-state index in [-0.39, 0.29) is 17.5 Å². The number of carbonyl (C=O) groups excluding carboxylic acids is 2. The van der Waals surface area contributed by atoms with Crippen molar-refractivity contribution >= 4 is 17.6 Å². The Morgan fingerprint density at radius 1 is 1.06 bits per heavy atom. The van der Waals surface area contributed by atoms with Crippen LogP contribution in [0.3, 0.4) is 0 Å². The first kappa shape index (κ1) is 23.8. The van der Waals surface area contributed by atoms with Gasteiger partial charge in [-0.15, -0.1) is 10.2 Å². The molecule has 35 heavy (non-hydrogen) atoms. The second-order valence-corrected chi connectivity index (χ2v) is 8.20. The molecule has 0 saturated heterocycles. The van der Waals surface area contributed by atoms with Crippen molar-refractivity contribution in [2.45, 2.75) is 45.8 Å². The first-order chi connectivity index (χ1) is 17.0. The number of rotatable bonds is 11. The predicted molar refractivity (Wildman–Crippen MR) is 128 cm³/mol. The summed E-state index contributed by atoms with van der Waals surface area (Å²) < 4.78 is 3.34. The summed E-state index contributed by atoms with van der Waals surface area (Å²) >= 11 is 0. The van der Waals surface area contributed by atoms with Crippen LogP contribution in [0.4, 0.5) is 5.82 Å². The highest BCUT2D eigenvalue weighted by molar-refractivity contribution is 5.92. The number of nitrogens with one attached hydrogen (secondary N) is 3. The van der Waals surface area contributed by atoms with Crippen LogP contribution in [-0.2, 0) is 24.4 Å². The maximum atomic E-state index is 12.2. The number of pyridine rings is 1. The van der Waals surface area contributed by atoms with Crippen molar-refractivity contribution < 1.29 is 9.59 Å². The number of amides is 2. The topological polar surface area (TPSA) is 145 Å². The van der Waals surface area contributed by atoms with E-state index in [1.807, 2.05) is 37.3 Å². The van der Waals surface area contributed by atoms with Crippen LogP contribution < -0.4 is 16.0 Å². The number of aromatic nitrogens is 7. The van der Waals surface area contributed by atoms with Crippen LogP contribution in [0.15, 0.2) is 60.2 Å². The molecule has 0 saturated carbocycles. The lowest BCUT2D eigenvalue weighted by molar-refractivity contribution is -0.115. The summed E-state index contributed by atoms with van der Waals surface area (Å²) in [5.74, 6) is 0.0227. The molecule has 4 heterocycles. The van der Waals surface area contributed by atoms with Crippen molar-refractivity contribution in [1.29, 1.82) is 0 Å². The van der Waals surface area contributed by atoms with Gasteiger partial charge in [-0.1, -0.05) is 22.6 Å². The van der Waals surface area contributed by atoms with Crippen LogP contribution >= 0.6 is 0 Å². The standard InChI is InChI=1S/C23H28N10O2/c1-17-7-8-18(13-25-17)12-22(34)27-21-16-33(31-29-21)11-5-4-10-32-15-20(28-30-32)23(35)26-14-19-6-2-3-9-24-19/h2-3,6-9,15-16,25H,4-5,10-14H2,1H3,(H,26,35)(H,27,34). The van der Waals surface area contributed by atoms with Gasteiger partial charge in [0.15, 0.2) is 11.5 Å². The number of anilines is 1. The second kappa shape index (κ2) is 11.7. The van der Waals surface area contributed by atoms with Crippen molar-refractivity contribution in [3.8, 4) is 0 Å². The second-order valence-electron chi connectivity index (χ2n) is 8.20. The molecule has 0 fully saturated rings. The van der Waals surface area contributed by atoms with Gasteiger partial charge in [-0.05, 0) is 43.5 Å². The minimum atomic E-state index is -0.290. The number of aryl methyl sites for hydroxylation is 2. The normalized spacial score (nSPS) is 12.9. The summed E-state index contributed by atoms with van der Waals surface area (Å²) in [4.78, 5) is 28.6. The summed E-state index contributed by atoms with van der Waals surface area (Å²) in [7, 11) is 0. The van der Waals surface area contributed by atoms with E-state index in [1.165, 1.54) is 0 Å². The maximum Gasteiger partial charge on any atom is 0.273 e. The van der Waals surface area contributed by atoms with Crippen molar-refractivity contribution in [3.05, 3.63) is 71.6 Å². The Kier molecular flexibility index (Phi) is 7.94. The molecule has 0 radical (unpaired) electrons. The number of dihydropyridines is 1. The lowest BCUT2D eigenvalue weighted by Crippen LogP contribution is -2.23. The van der Waals surface area contributed by atoms with E-state index in [9.17, 15) is 9.59 Å². The Morgan fingerprint density at radius 2 is 1.86 bits per heavy atom. The Bertz CT molecular complexity index is 1210. The van der Waals surface area contributed by atoms with Gasteiger partial charge in [0.05, 0.1) is 24.6 Å². The molecule has 0 aliphatic carbocycles. The molecule has 0 unspecified atom stereocenters. The quantitative estimate of drug-likeness (QED) is 0.353. The van der Waals surface area contributed by atoms with E-state index >= 15 is 0 Å². The van der Waals surface area contributed by atoms with Gasteiger partial charge in [0.1, 0.15) is 0 Å². The van der Waals surface area contributed by atoms with Crippen LogP contribution in [0, 0.1) is 0 Å². The van der Waals surface area contributed by atoms with Gasteiger partial charge in [0.25, 0.3) is 5.91 Å². The first-order valence-corrected chi connectivity index (χ1v) is 11.4. The number of unbranched alkanes of at least 4 members (excludes halogenated alkanes) is 1. The minimum Gasteiger partial charge on any atom is -0.385 e. The average Bonchev–Trinajstić information content (AvgIpc) is 3.52. The monoisotopic (exact) mass is 476 g/mol. The number of carbonyl (C=O) groups is 2. The molecule has 0 bridgehead atoms. The largest absolute Gasteiger partial charge is 0.385 e. The Balaban J connectivity index is 1.14. The fourth-order valence-corrected chi connectivity index (χ4v) is 3.42. The van der Waals surface area contributed by atoms with Gasteiger partial charge in [0.2, 0.25) is 5.91 Å². The van der Waals surface area contributed by atoms with E-state index in [2.05, 4.69) is 41.6 Å². The first-order valence-electron chi connectivity index (χ1n) is 11.4. The van der Waals surface area contributed by atoms with Crippen LogP contribution in [0.2, 0.25) is 0 Å². The zero-order valence-electron chi connectivity index (χ0n) is 19.5. The minimum absolute atomic E-state index is 0.121. The highest BCUT2D eigenvalue weighted by Crippen LogP contribution is 2.10. The zero-order chi connectivity index (χ0) is 24.5. The fourth-order valence-electron chi connectivity index (χ4n) is 3.42. The van der Waals surface area contributed by atoms with E-state index in [0.717, 1.165) is 29.8 Å². The van der Waals surface area contributed by atoms with Crippen molar-refractivity contribution in [2.75, 3.05) is 11.9 Å². The fraction of sp³-hybridized carbons (Fsp3) is 0.348. The molecule has 1 aliphatic rings. The predicted octanol–water partition coefficient (Wildman–Crippen LogP) is 1.44. The Morgan fingerprint density at radius 3 is 2.60 bits per heavy atom. The third kappa shape index (κ3) is 7.32. The van der Waals surface area contributed by atoms with E-state index in [1.54, 1.807) is 28.0 Å². The molecule has 0 atom stereocenters. The van der Waals surface area contributed by atoms with Gasteiger partial charge < -0.3 is 16.0 Å². The third-order valence-corrected chi connectivity index (χ3v) is 5.31. The van der Waals surface area contributed by atoms with E-state index in [0.29, 0.717) is 38.4 Å². The molecule has 3 aromatic heterocycles. The summed E-state index contributed by atoms with van der Waals surface area (Å²) in [6.45, 7) is 4.26. The summed E-state index contributed by atoms with van der Waals surface area (Å²) in [5, 5.41) is 24.8. The number of hydrogen-bond donors (Lipinski definition) is 3. The third-order valence-electron chi connectivity index (χ3n) is 5.31. The van der Waals surface area contributed by atoms with Crippen LogP contribution in [0.25, 0.3) is 0 Å². The molecule has 0 aromatic carbocycles. The molecule has 2 amide bonds.